The molecule has 1 aliphatic carbocycles. The number of aryl methyl sites for hydroxylation is 4. The van der Waals surface area contributed by atoms with Crippen LogP contribution in [0.4, 0.5) is 10.6 Å². The molecule has 262 valence electrons. The standard InChI is InChI=1S/C37H45N9O4/c1-21-15-31(29(34-41-25(5)43-44-34)16-28(21)35(47)42-33-22(2)17-38-24(4)40-33)49-32(30-12-11-27(18-39-30)26-9-10-26)20-45-13-14-46(23(3)19-45)36(48)50-37(6,7)8/h11-12,15-18,26,32H,9-10,13-14,19-20H2,1-8H3,(H-,38,40,41,42,43,44,47)/p+1/t32-/m1/s1. The van der Waals surface area contributed by atoms with E-state index in [9.17, 15) is 9.59 Å². The number of carbonyl (C=O) groups is 2. The molecule has 1 saturated carbocycles. The molecule has 50 heavy (non-hydrogen) atoms. The molecule has 0 unspecified atom stereocenters. The van der Waals surface area contributed by atoms with Gasteiger partial charge in [0.05, 0.1) is 24.3 Å². The molecular weight excluding hydrogens is 634 g/mol. The van der Waals surface area contributed by atoms with Crippen molar-refractivity contribution < 1.29 is 23.6 Å². The third-order valence-electron chi connectivity index (χ3n) is 8.78. The Labute approximate surface area is 292 Å². The average molecular weight is 681 g/mol. The van der Waals surface area contributed by atoms with E-state index in [1.165, 1.54) is 18.4 Å². The van der Waals surface area contributed by atoms with Crippen molar-refractivity contribution in [2.45, 2.75) is 85.9 Å². The molecular formula is C37H46N9O4+. The predicted octanol–water partition coefficient (Wildman–Crippen LogP) is 5.86. The van der Waals surface area contributed by atoms with Gasteiger partial charge < -0.3 is 14.8 Å². The molecule has 2 amide bonds. The van der Waals surface area contributed by atoms with E-state index in [0.29, 0.717) is 77.8 Å². The maximum atomic E-state index is 13.7. The molecule has 0 saturated heterocycles. The Hall–Kier alpha value is -5.04. The molecule has 1 fully saturated rings. The number of anilines is 1. The quantitative estimate of drug-likeness (QED) is 0.206. The number of aromatic nitrogens is 6. The van der Waals surface area contributed by atoms with Gasteiger partial charge in [-0.1, -0.05) is 6.07 Å². The summed E-state index contributed by atoms with van der Waals surface area (Å²) in [5, 5.41) is 10.3. The number of benzene rings is 1. The largest absolute Gasteiger partial charge is 0.596 e. The Balaban J connectivity index is 1.32. The third kappa shape index (κ3) is 8.21. The lowest BCUT2D eigenvalue weighted by molar-refractivity contribution is -0.458. The van der Waals surface area contributed by atoms with Crippen molar-refractivity contribution >= 4 is 23.5 Å². The summed E-state index contributed by atoms with van der Waals surface area (Å²) < 4.78 is 14.3. The van der Waals surface area contributed by atoms with E-state index in [0.717, 1.165) is 17.0 Å². The third-order valence-corrected chi connectivity index (χ3v) is 8.78. The monoisotopic (exact) mass is 680 g/mol. The van der Waals surface area contributed by atoms with Crippen molar-refractivity contribution in [3.63, 3.8) is 0 Å². The summed E-state index contributed by atoms with van der Waals surface area (Å²) in [7, 11) is 0. The maximum absolute atomic E-state index is 13.7. The van der Waals surface area contributed by atoms with Crippen LogP contribution in [0.5, 0.6) is 5.75 Å². The molecule has 1 aliphatic heterocycles. The van der Waals surface area contributed by atoms with E-state index in [-0.39, 0.29) is 12.0 Å². The summed E-state index contributed by atoms with van der Waals surface area (Å²) in [6, 6.07) is 7.81. The smallest absolute Gasteiger partial charge is 0.482 e. The fourth-order valence-corrected chi connectivity index (χ4v) is 5.98. The number of H-pyrrole nitrogens is 1. The van der Waals surface area contributed by atoms with Crippen LogP contribution < -0.4 is 10.1 Å². The van der Waals surface area contributed by atoms with Crippen LogP contribution in [-0.2, 0) is 4.74 Å². The van der Waals surface area contributed by atoms with Gasteiger partial charge in [-0.15, -0.1) is 4.58 Å². The SMILES string of the molecule is CC1=[N+](C(=O)OC(C)(C)C)CCN(C[C@@H](Oc2cc(C)c(C(=O)Nc3nc(C)ncc3C)cc2-c2n[nH]c(C)n2)c2ccc(C3CC3)cn2)C1. The van der Waals surface area contributed by atoms with Crippen LogP contribution in [0.15, 0.2) is 36.7 Å². The van der Waals surface area contributed by atoms with Gasteiger partial charge in [0.25, 0.3) is 5.91 Å². The first-order valence-corrected chi connectivity index (χ1v) is 17.1. The second-order valence-corrected chi connectivity index (χ2v) is 14.3. The number of nitrogens with one attached hydrogen (secondary N) is 2. The maximum Gasteiger partial charge on any atom is 0.596 e. The molecule has 13 nitrogen and oxygen atoms in total. The van der Waals surface area contributed by atoms with Gasteiger partial charge in [0.15, 0.2) is 24.2 Å². The second kappa shape index (κ2) is 14.1. The molecule has 1 atom stereocenters. The Kier molecular flexibility index (Phi) is 9.79. The number of hydrogen-bond acceptors (Lipinski definition) is 10. The minimum absolute atomic E-state index is 0.313. The minimum Gasteiger partial charge on any atom is -0.482 e. The highest BCUT2D eigenvalue weighted by Gasteiger charge is 2.34. The van der Waals surface area contributed by atoms with Crippen molar-refractivity contribution in [2.75, 3.05) is 31.5 Å². The molecule has 4 heterocycles. The molecule has 0 radical (unpaired) electrons. The summed E-state index contributed by atoms with van der Waals surface area (Å²) in [6.07, 6.45) is 5.20. The van der Waals surface area contributed by atoms with Crippen molar-refractivity contribution in [3.05, 3.63) is 76.3 Å². The van der Waals surface area contributed by atoms with Gasteiger partial charge in [-0.05, 0) is 96.6 Å². The topological polar surface area (TPSA) is 151 Å². The average Bonchev–Trinajstić information content (AvgIpc) is 3.81. The summed E-state index contributed by atoms with van der Waals surface area (Å²) in [5.74, 6) is 2.85. The predicted molar refractivity (Wildman–Crippen MR) is 189 cm³/mol. The van der Waals surface area contributed by atoms with Crippen LogP contribution in [0.1, 0.15) is 96.9 Å². The summed E-state index contributed by atoms with van der Waals surface area (Å²) in [4.78, 5) is 46.9. The van der Waals surface area contributed by atoms with E-state index in [1.807, 2.05) is 66.8 Å². The highest BCUT2D eigenvalue weighted by Crippen LogP contribution is 2.40. The second-order valence-electron chi connectivity index (χ2n) is 14.3. The number of aromatic amines is 1. The van der Waals surface area contributed by atoms with Crippen molar-refractivity contribution in [3.8, 4) is 17.1 Å². The molecule has 1 aromatic carbocycles. The fourth-order valence-electron chi connectivity index (χ4n) is 5.98. The number of ether oxygens (including phenoxy) is 2. The van der Waals surface area contributed by atoms with Gasteiger partial charge in [0, 0.05) is 37.0 Å². The Morgan fingerprint density at radius 3 is 2.46 bits per heavy atom. The van der Waals surface area contributed by atoms with E-state index >= 15 is 0 Å². The lowest BCUT2D eigenvalue weighted by atomic mass is 10.0. The zero-order valence-electron chi connectivity index (χ0n) is 30.1. The van der Waals surface area contributed by atoms with Crippen LogP contribution in [-0.4, -0.2) is 89.1 Å². The molecule has 0 bridgehead atoms. The normalized spacial score (nSPS) is 15.9. The van der Waals surface area contributed by atoms with E-state index < -0.39 is 11.7 Å². The number of carbonyl (C=O) groups excluding carboxylic acids is 2. The van der Waals surface area contributed by atoms with Crippen LogP contribution in [0.2, 0.25) is 0 Å². The Morgan fingerprint density at radius 2 is 1.82 bits per heavy atom. The highest BCUT2D eigenvalue weighted by atomic mass is 16.6. The molecule has 13 heteroatoms. The van der Waals surface area contributed by atoms with Crippen LogP contribution in [0, 0.1) is 27.7 Å². The molecule has 3 aromatic heterocycles. The molecule has 6 rings (SSSR count). The van der Waals surface area contributed by atoms with Gasteiger partial charge in [0.1, 0.15) is 28.8 Å². The summed E-state index contributed by atoms with van der Waals surface area (Å²) in [6.45, 7) is 17.1. The van der Waals surface area contributed by atoms with Gasteiger partial charge in [-0.3, -0.25) is 19.8 Å². The van der Waals surface area contributed by atoms with Crippen LogP contribution in [0.3, 0.4) is 0 Å². The number of nitrogens with zero attached hydrogens (tertiary/aromatic N) is 7. The molecule has 0 spiro atoms. The summed E-state index contributed by atoms with van der Waals surface area (Å²) in [5.41, 5.74) is 4.83. The van der Waals surface area contributed by atoms with Crippen molar-refractivity contribution in [2.24, 2.45) is 0 Å². The first-order chi connectivity index (χ1) is 23.7. The zero-order chi connectivity index (χ0) is 35.7. The highest BCUT2D eigenvalue weighted by molar-refractivity contribution is 6.06. The molecule has 4 aromatic rings. The minimum atomic E-state index is -0.576. The Bertz CT molecular complexity index is 1940. The van der Waals surface area contributed by atoms with Gasteiger partial charge >= 0.3 is 6.09 Å². The van der Waals surface area contributed by atoms with Gasteiger partial charge in [0.2, 0.25) is 0 Å². The first kappa shape index (κ1) is 34.8. The fraction of sp³-hybridized carbons (Fsp3) is 0.459. The van der Waals surface area contributed by atoms with Crippen LogP contribution >= 0.6 is 0 Å². The number of rotatable bonds is 9. The van der Waals surface area contributed by atoms with Crippen molar-refractivity contribution in [1.29, 1.82) is 0 Å². The lowest BCUT2D eigenvalue weighted by Crippen LogP contribution is -2.48. The molecule has 2 N–H and O–H groups in total. The van der Waals surface area contributed by atoms with E-state index in [4.69, 9.17) is 14.5 Å². The van der Waals surface area contributed by atoms with Crippen LogP contribution in [0.25, 0.3) is 11.4 Å². The summed E-state index contributed by atoms with van der Waals surface area (Å²) >= 11 is 0. The van der Waals surface area contributed by atoms with Gasteiger partial charge in [-0.2, -0.15) is 9.89 Å². The Morgan fingerprint density at radius 1 is 1.04 bits per heavy atom. The first-order valence-electron chi connectivity index (χ1n) is 17.1. The number of amides is 2. The number of hydrogen-bond donors (Lipinski definition) is 2. The number of pyridine rings is 1. The lowest BCUT2D eigenvalue weighted by Gasteiger charge is -2.30. The van der Waals surface area contributed by atoms with E-state index in [1.54, 1.807) is 23.8 Å². The van der Waals surface area contributed by atoms with Crippen molar-refractivity contribution in [1.82, 2.24) is 35.0 Å². The van der Waals surface area contributed by atoms with Gasteiger partial charge in [-0.25, -0.2) is 15.0 Å². The molecule has 2 aliphatic rings. The zero-order valence-corrected chi connectivity index (χ0v) is 30.1. The van der Waals surface area contributed by atoms with E-state index in [2.05, 4.69) is 41.4 Å².